The van der Waals surface area contributed by atoms with Gasteiger partial charge in [-0.2, -0.15) is 0 Å². The summed E-state index contributed by atoms with van der Waals surface area (Å²) in [5.74, 6) is 0.884. The molecule has 3 rings (SSSR count). The summed E-state index contributed by atoms with van der Waals surface area (Å²) in [6.45, 7) is 1.87. The third-order valence-corrected chi connectivity index (χ3v) is 4.30. The summed E-state index contributed by atoms with van der Waals surface area (Å²) in [7, 11) is 0. The minimum absolute atomic E-state index is 0.780. The average molecular weight is 386 g/mol. The normalized spacial score (nSPS) is 14.8. The predicted octanol–water partition coefficient (Wildman–Crippen LogP) is 3.29. The van der Waals surface area contributed by atoms with Crippen LogP contribution in [0.25, 0.3) is 5.69 Å². The number of hydrogen-bond donors (Lipinski definition) is 1. The van der Waals surface area contributed by atoms with Crippen LogP contribution in [0.5, 0.6) is 0 Å². The molecule has 0 unspecified atom stereocenters. The van der Waals surface area contributed by atoms with Crippen LogP contribution in [-0.2, 0) is 6.54 Å². The van der Waals surface area contributed by atoms with Crippen LogP contribution >= 0.6 is 31.9 Å². The molecule has 2 aromatic rings. The van der Waals surface area contributed by atoms with Gasteiger partial charge in [0.2, 0.25) is 0 Å². The lowest BCUT2D eigenvalue weighted by molar-refractivity contribution is 0.628. The third-order valence-electron chi connectivity index (χ3n) is 3.13. The Bertz CT molecular complexity index is 578. The van der Waals surface area contributed by atoms with Crippen LogP contribution in [0.1, 0.15) is 18.5 Å². The molecule has 1 heterocycles. The van der Waals surface area contributed by atoms with Crippen molar-refractivity contribution in [1.82, 2.24) is 20.3 Å². The van der Waals surface area contributed by atoms with Gasteiger partial charge in [0.25, 0.3) is 0 Å². The number of halogens is 2. The molecule has 1 fully saturated rings. The lowest BCUT2D eigenvalue weighted by Gasteiger charge is -2.03. The number of aromatic nitrogens is 3. The highest BCUT2D eigenvalue weighted by Gasteiger charge is 2.20. The summed E-state index contributed by atoms with van der Waals surface area (Å²) >= 11 is 7.00. The van der Waals surface area contributed by atoms with Gasteiger partial charge in [0.15, 0.2) is 0 Å². The van der Waals surface area contributed by atoms with Crippen LogP contribution in [0, 0.1) is 5.92 Å². The maximum absolute atomic E-state index is 4.19. The van der Waals surface area contributed by atoms with Crippen LogP contribution in [0.15, 0.2) is 33.3 Å². The van der Waals surface area contributed by atoms with Gasteiger partial charge in [-0.25, -0.2) is 4.68 Å². The van der Waals surface area contributed by atoms with Crippen LogP contribution in [0.3, 0.4) is 0 Å². The molecule has 100 valence electrons. The second kappa shape index (κ2) is 5.73. The van der Waals surface area contributed by atoms with Gasteiger partial charge in [-0.1, -0.05) is 21.1 Å². The quantitative estimate of drug-likeness (QED) is 0.858. The van der Waals surface area contributed by atoms with Gasteiger partial charge in [0, 0.05) is 15.5 Å². The van der Waals surface area contributed by atoms with Crippen molar-refractivity contribution in [3.63, 3.8) is 0 Å². The van der Waals surface area contributed by atoms with Crippen molar-refractivity contribution in [2.45, 2.75) is 19.4 Å². The van der Waals surface area contributed by atoms with Crippen molar-refractivity contribution >= 4 is 31.9 Å². The Morgan fingerprint density at radius 1 is 1.32 bits per heavy atom. The summed E-state index contributed by atoms with van der Waals surface area (Å²) in [5, 5.41) is 11.8. The highest BCUT2D eigenvalue weighted by molar-refractivity contribution is 9.11. The first-order valence-corrected chi connectivity index (χ1v) is 7.88. The molecule has 4 nitrogen and oxygen atoms in total. The van der Waals surface area contributed by atoms with E-state index in [0.29, 0.717) is 0 Å². The molecular weight excluding hydrogens is 372 g/mol. The molecule has 1 saturated carbocycles. The molecule has 1 aromatic heterocycles. The van der Waals surface area contributed by atoms with Gasteiger partial charge in [0.1, 0.15) is 0 Å². The second-order valence-corrected chi connectivity index (χ2v) is 6.59. The Morgan fingerprint density at radius 2 is 2.16 bits per heavy atom. The summed E-state index contributed by atoms with van der Waals surface area (Å²) in [6.07, 6.45) is 4.70. The van der Waals surface area contributed by atoms with Crippen molar-refractivity contribution in [3.05, 3.63) is 39.0 Å². The average Bonchev–Trinajstić information content (AvgIpc) is 3.10. The molecule has 0 bridgehead atoms. The van der Waals surface area contributed by atoms with Crippen LogP contribution in [-0.4, -0.2) is 21.5 Å². The number of nitrogens with one attached hydrogen (secondary N) is 1. The number of rotatable bonds is 5. The van der Waals surface area contributed by atoms with E-state index in [1.807, 2.05) is 24.4 Å². The Hall–Kier alpha value is -0.720. The van der Waals surface area contributed by atoms with E-state index in [0.717, 1.165) is 39.3 Å². The first-order chi connectivity index (χ1) is 9.22. The Kier molecular flexibility index (Phi) is 4.00. The molecule has 0 spiro atoms. The molecule has 0 amide bonds. The number of hydrogen-bond acceptors (Lipinski definition) is 3. The summed E-state index contributed by atoms with van der Waals surface area (Å²) in [6, 6.07) is 5.99. The van der Waals surface area contributed by atoms with E-state index in [-0.39, 0.29) is 0 Å². The molecule has 1 aliphatic rings. The zero-order chi connectivity index (χ0) is 13.2. The van der Waals surface area contributed by atoms with Crippen molar-refractivity contribution in [2.75, 3.05) is 6.54 Å². The molecule has 0 aliphatic heterocycles. The van der Waals surface area contributed by atoms with Crippen molar-refractivity contribution in [3.8, 4) is 5.69 Å². The van der Waals surface area contributed by atoms with Crippen LogP contribution < -0.4 is 5.32 Å². The monoisotopic (exact) mass is 384 g/mol. The lowest BCUT2D eigenvalue weighted by atomic mass is 10.3. The molecule has 0 atom stereocenters. The molecule has 1 aromatic carbocycles. The fourth-order valence-electron chi connectivity index (χ4n) is 1.88. The second-order valence-electron chi connectivity index (χ2n) is 4.82. The van der Waals surface area contributed by atoms with E-state index in [4.69, 9.17) is 0 Å². The van der Waals surface area contributed by atoms with Gasteiger partial charge in [-0.05, 0) is 59.4 Å². The minimum Gasteiger partial charge on any atom is -0.311 e. The highest BCUT2D eigenvalue weighted by Crippen LogP contribution is 2.27. The first-order valence-electron chi connectivity index (χ1n) is 6.30. The van der Waals surface area contributed by atoms with Crippen molar-refractivity contribution in [1.29, 1.82) is 0 Å². The van der Waals surface area contributed by atoms with E-state index in [1.54, 1.807) is 4.68 Å². The van der Waals surface area contributed by atoms with Crippen LogP contribution in [0.4, 0.5) is 0 Å². The van der Waals surface area contributed by atoms with Crippen LogP contribution in [0.2, 0.25) is 0 Å². The first kappa shape index (κ1) is 13.3. The Labute approximate surface area is 128 Å². The summed E-state index contributed by atoms with van der Waals surface area (Å²) < 4.78 is 3.82. The fraction of sp³-hybridized carbons (Fsp3) is 0.385. The fourth-order valence-corrected chi connectivity index (χ4v) is 2.66. The maximum atomic E-state index is 4.19. The summed E-state index contributed by atoms with van der Waals surface area (Å²) in [5.41, 5.74) is 1.95. The lowest BCUT2D eigenvalue weighted by Crippen LogP contribution is -2.16. The van der Waals surface area contributed by atoms with Gasteiger partial charge < -0.3 is 5.32 Å². The van der Waals surface area contributed by atoms with E-state index in [1.165, 1.54) is 12.8 Å². The SMILES string of the molecule is Brc1ccc(Br)c(-n2cc(CNCC3CC3)nn2)c1. The summed E-state index contributed by atoms with van der Waals surface area (Å²) in [4.78, 5) is 0. The standard InChI is InChI=1S/C13H14Br2N4/c14-10-3-4-12(15)13(5-10)19-8-11(17-18-19)7-16-6-9-1-2-9/h3-5,8-9,16H,1-2,6-7H2. The largest absolute Gasteiger partial charge is 0.311 e. The smallest absolute Gasteiger partial charge is 0.0969 e. The van der Waals surface area contributed by atoms with Gasteiger partial charge in [-0.3, -0.25) is 0 Å². The number of nitrogens with zero attached hydrogens (tertiary/aromatic N) is 3. The van der Waals surface area contributed by atoms with Crippen molar-refractivity contribution < 1.29 is 0 Å². The molecule has 6 heteroatoms. The Balaban J connectivity index is 1.70. The van der Waals surface area contributed by atoms with E-state index >= 15 is 0 Å². The van der Waals surface area contributed by atoms with Gasteiger partial charge in [-0.15, -0.1) is 5.10 Å². The topological polar surface area (TPSA) is 42.7 Å². The zero-order valence-corrected chi connectivity index (χ0v) is 13.5. The molecule has 1 aliphatic carbocycles. The maximum Gasteiger partial charge on any atom is 0.0969 e. The minimum atomic E-state index is 0.780. The molecule has 19 heavy (non-hydrogen) atoms. The Morgan fingerprint density at radius 3 is 2.95 bits per heavy atom. The molecule has 1 N–H and O–H groups in total. The zero-order valence-electron chi connectivity index (χ0n) is 10.3. The van der Waals surface area contributed by atoms with E-state index < -0.39 is 0 Å². The van der Waals surface area contributed by atoms with E-state index in [9.17, 15) is 0 Å². The van der Waals surface area contributed by atoms with E-state index in [2.05, 4.69) is 47.5 Å². The molecular formula is C13H14Br2N4. The molecule has 0 saturated heterocycles. The predicted molar refractivity (Wildman–Crippen MR) is 81.2 cm³/mol. The third kappa shape index (κ3) is 3.43. The number of benzene rings is 1. The molecule has 0 radical (unpaired) electrons. The van der Waals surface area contributed by atoms with Crippen molar-refractivity contribution in [2.24, 2.45) is 5.92 Å². The van der Waals surface area contributed by atoms with Gasteiger partial charge in [0.05, 0.1) is 17.6 Å². The highest BCUT2D eigenvalue weighted by atomic mass is 79.9. The van der Waals surface area contributed by atoms with Gasteiger partial charge >= 0.3 is 0 Å².